The van der Waals surface area contributed by atoms with Gasteiger partial charge in [0.15, 0.2) is 0 Å². The minimum absolute atomic E-state index is 1.91. The summed E-state index contributed by atoms with van der Waals surface area (Å²) in [7, 11) is -3.82. The van der Waals surface area contributed by atoms with Crippen molar-refractivity contribution in [2.24, 2.45) is 0 Å². The SMILES string of the molecule is C[Si](C)(C)[O][Ti]([OH])([OH])[O][Si](C)(C)C. The van der Waals surface area contributed by atoms with E-state index >= 15 is 0 Å². The van der Waals surface area contributed by atoms with Crippen molar-refractivity contribution in [3.05, 3.63) is 0 Å². The molecule has 80 valence electrons. The predicted octanol–water partition coefficient (Wildman–Crippen LogP) is 1.49. The van der Waals surface area contributed by atoms with Crippen molar-refractivity contribution in [3.63, 3.8) is 0 Å². The molecule has 0 saturated heterocycles. The molecule has 0 unspecified atom stereocenters. The van der Waals surface area contributed by atoms with E-state index in [1.165, 1.54) is 0 Å². The first kappa shape index (κ1) is 14.0. The summed E-state index contributed by atoms with van der Waals surface area (Å²) in [4.78, 5) is 0. The Morgan fingerprint density at radius 1 is 0.769 bits per heavy atom. The van der Waals surface area contributed by atoms with Gasteiger partial charge in [-0.2, -0.15) is 0 Å². The first-order chi connectivity index (χ1) is 5.41. The van der Waals surface area contributed by atoms with E-state index in [1.54, 1.807) is 0 Å². The van der Waals surface area contributed by atoms with Crippen LogP contribution in [0.2, 0.25) is 39.3 Å². The van der Waals surface area contributed by atoms with Gasteiger partial charge in [-0.1, -0.05) is 0 Å². The third-order valence-corrected chi connectivity index (χ3v) is 10.9. The molecule has 0 radical (unpaired) electrons. The molecule has 0 fully saturated rings. The van der Waals surface area contributed by atoms with Crippen molar-refractivity contribution < 1.29 is 31.5 Å². The van der Waals surface area contributed by atoms with Crippen LogP contribution in [-0.4, -0.2) is 24.0 Å². The van der Waals surface area contributed by atoms with Crippen LogP contribution in [0.1, 0.15) is 0 Å². The summed E-state index contributed by atoms with van der Waals surface area (Å²) in [6.07, 6.45) is 0. The summed E-state index contributed by atoms with van der Waals surface area (Å²) in [5.74, 6) is 0. The van der Waals surface area contributed by atoms with E-state index in [4.69, 9.17) is 6.02 Å². The number of hydrogen-bond acceptors (Lipinski definition) is 4. The maximum absolute atomic E-state index is 9.55. The molecule has 2 N–H and O–H groups in total. The standard InChI is InChI=1S/2C3H9OSi.2H2O.Ti/c2*1-5(2,3)4;;;/h2*1-3H3;2*1H2;/q2*-1;;;+4/p-2. The Labute approximate surface area is 87.4 Å². The molecule has 0 aromatic heterocycles. The summed E-state index contributed by atoms with van der Waals surface area (Å²) < 4.78 is 29.6. The van der Waals surface area contributed by atoms with Gasteiger partial charge in [0.2, 0.25) is 0 Å². The Morgan fingerprint density at radius 2 is 1.00 bits per heavy atom. The van der Waals surface area contributed by atoms with Crippen molar-refractivity contribution in [1.82, 2.24) is 0 Å². The fraction of sp³-hybridized carbons (Fsp3) is 1.00. The minimum atomic E-state index is -4.36. The van der Waals surface area contributed by atoms with Gasteiger partial charge in [0.25, 0.3) is 0 Å². The summed E-state index contributed by atoms with van der Waals surface area (Å²) >= 11 is -4.36. The Bertz CT molecular complexity index is 154. The van der Waals surface area contributed by atoms with E-state index in [0.29, 0.717) is 0 Å². The first-order valence-corrected chi connectivity index (χ1v) is 13.8. The van der Waals surface area contributed by atoms with Crippen LogP contribution in [0.15, 0.2) is 0 Å². The molecule has 0 heterocycles. The van der Waals surface area contributed by atoms with E-state index in [9.17, 15) is 7.38 Å². The van der Waals surface area contributed by atoms with Crippen LogP contribution < -0.4 is 0 Å². The summed E-state index contributed by atoms with van der Waals surface area (Å²) in [6, 6.07) is 0. The van der Waals surface area contributed by atoms with E-state index < -0.39 is 34.8 Å². The second-order valence-electron chi connectivity index (χ2n) is 4.98. The van der Waals surface area contributed by atoms with Gasteiger partial charge in [0.1, 0.15) is 0 Å². The topological polar surface area (TPSA) is 58.9 Å². The predicted molar refractivity (Wildman–Crippen MR) is 53.3 cm³/mol. The van der Waals surface area contributed by atoms with Gasteiger partial charge in [0, 0.05) is 0 Å². The van der Waals surface area contributed by atoms with E-state index in [-0.39, 0.29) is 0 Å². The second-order valence-corrected chi connectivity index (χ2v) is 17.5. The van der Waals surface area contributed by atoms with Crippen molar-refractivity contribution in [2.45, 2.75) is 39.3 Å². The number of rotatable bonds is 4. The Balaban J connectivity index is 4.25. The van der Waals surface area contributed by atoms with Gasteiger partial charge < -0.3 is 0 Å². The van der Waals surface area contributed by atoms with Gasteiger partial charge in [-0.05, 0) is 0 Å². The molecule has 0 atom stereocenters. The molecule has 0 spiro atoms. The molecule has 0 aliphatic carbocycles. The molecule has 0 bridgehead atoms. The fourth-order valence-electron chi connectivity index (χ4n) is 0.819. The average molecular weight is 260 g/mol. The molecule has 7 heteroatoms. The molecule has 0 aliphatic rings. The maximum atomic E-state index is 9.55. The van der Waals surface area contributed by atoms with Crippen LogP contribution in [0.4, 0.5) is 0 Å². The fourth-order valence-corrected chi connectivity index (χ4v) is 10.6. The van der Waals surface area contributed by atoms with Gasteiger partial charge in [-0.15, -0.1) is 0 Å². The van der Waals surface area contributed by atoms with Crippen LogP contribution >= 0.6 is 0 Å². The van der Waals surface area contributed by atoms with Crippen LogP contribution in [-0.2, 0) is 24.2 Å². The molecule has 13 heavy (non-hydrogen) atoms. The summed E-state index contributed by atoms with van der Waals surface area (Å²) in [6.45, 7) is 11.5. The van der Waals surface area contributed by atoms with Crippen LogP contribution in [0.5, 0.6) is 0 Å². The van der Waals surface area contributed by atoms with Crippen LogP contribution in [0, 0.1) is 0 Å². The zero-order chi connectivity index (χ0) is 10.9. The van der Waals surface area contributed by atoms with Crippen molar-refractivity contribution in [1.29, 1.82) is 0 Å². The summed E-state index contributed by atoms with van der Waals surface area (Å²) in [5, 5.41) is 0. The first-order valence-electron chi connectivity index (χ1n) is 4.26. The molecule has 0 aliphatic heterocycles. The van der Waals surface area contributed by atoms with Crippen LogP contribution in [0.25, 0.3) is 0 Å². The molecule has 0 aromatic rings. The molecule has 0 aromatic carbocycles. The Kier molecular flexibility index (Phi) is 4.56. The van der Waals surface area contributed by atoms with Gasteiger partial charge in [0.05, 0.1) is 0 Å². The van der Waals surface area contributed by atoms with E-state index in [2.05, 4.69) is 0 Å². The monoisotopic (exact) mass is 260 g/mol. The zero-order valence-electron chi connectivity index (χ0n) is 9.21. The van der Waals surface area contributed by atoms with E-state index in [0.717, 1.165) is 0 Å². The van der Waals surface area contributed by atoms with Gasteiger partial charge >= 0.3 is 87.4 Å². The number of hydrogen-bond donors (Lipinski definition) is 2. The Hall–Kier alpha value is 0.988. The van der Waals surface area contributed by atoms with Crippen molar-refractivity contribution in [2.75, 3.05) is 0 Å². The van der Waals surface area contributed by atoms with Gasteiger partial charge in [-0.25, -0.2) is 0 Å². The third kappa shape index (κ3) is 9.30. The molecular weight excluding hydrogens is 240 g/mol. The second kappa shape index (κ2) is 4.24. The van der Waals surface area contributed by atoms with E-state index in [1.807, 2.05) is 39.3 Å². The van der Waals surface area contributed by atoms with Gasteiger partial charge in [-0.3, -0.25) is 0 Å². The molecule has 0 amide bonds. The summed E-state index contributed by atoms with van der Waals surface area (Å²) in [5.41, 5.74) is 0. The normalized spacial score (nSPS) is 14.8. The molecular formula is C6H20O4Si2Ti. The average Bonchev–Trinajstić information content (AvgIpc) is 1.43. The molecule has 4 nitrogen and oxygen atoms in total. The van der Waals surface area contributed by atoms with Crippen molar-refractivity contribution >= 4 is 16.6 Å². The zero-order valence-corrected chi connectivity index (χ0v) is 12.8. The Morgan fingerprint density at radius 3 is 1.15 bits per heavy atom. The van der Waals surface area contributed by atoms with Crippen molar-refractivity contribution in [3.8, 4) is 0 Å². The molecule has 0 saturated carbocycles. The third-order valence-electron chi connectivity index (χ3n) is 0.878. The quantitative estimate of drug-likeness (QED) is 0.752. The van der Waals surface area contributed by atoms with Crippen LogP contribution in [0.3, 0.4) is 0 Å². The molecule has 0 rings (SSSR count).